The van der Waals surface area contributed by atoms with Gasteiger partial charge < -0.3 is 10.5 Å². The summed E-state index contributed by atoms with van der Waals surface area (Å²) in [6, 6.07) is 4.91. The van der Waals surface area contributed by atoms with E-state index in [1.165, 1.54) is 4.31 Å². The molecule has 0 atom stereocenters. The van der Waals surface area contributed by atoms with Crippen LogP contribution >= 0.6 is 0 Å². The van der Waals surface area contributed by atoms with Gasteiger partial charge in [0.15, 0.2) is 0 Å². The summed E-state index contributed by atoms with van der Waals surface area (Å²) in [5.74, 6) is 0. The van der Waals surface area contributed by atoms with Gasteiger partial charge in [0.25, 0.3) is 0 Å². The standard InChI is InChI=1S/C14H22N2O3S/c1-3-19-12-6-8-16(9-7-12)20(17,18)13-5-4-11(2)14(15)10-13/h4-5,10,12H,3,6-9,15H2,1-2H3. The number of anilines is 1. The van der Waals surface area contributed by atoms with Crippen LogP contribution in [0.25, 0.3) is 0 Å². The molecule has 112 valence electrons. The minimum Gasteiger partial charge on any atom is -0.398 e. The number of aryl methyl sites for hydroxylation is 1. The van der Waals surface area contributed by atoms with Crippen molar-refractivity contribution >= 4 is 15.7 Å². The lowest BCUT2D eigenvalue weighted by Gasteiger charge is -2.31. The van der Waals surface area contributed by atoms with E-state index in [0.717, 1.165) is 18.4 Å². The van der Waals surface area contributed by atoms with E-state index in [1.807, 2.05) is 13.8 Å². The van der Waals surface area contributed by atoms with Gasteiger partial charge in [0, 0.05) is 25.4 Å². The summed E-state index contributed by atoms with van der Waals surface area (Å²) in [6.07, 6.45) is 1.66. The molecule has 20 heavy (non-hydrogen) atoms. The Morgan fingerprint density at radius 1 is 1.35 bits per heavy atom. The lowest BCUT2D eigenvalue weighted by molar-refractivity contribution is 0.0290. The number of nitrogen functional groups attached to an aromatic ring is 1. The number of hydrogen-bond acceptors (Lipinski definition) is 4. The lowest BCUT2D eigenvalue weighted by Crippen LogP contribution is -2.40. The van der Waals surface area contributed by atoms with E-state index in [4.69, 9.17) is 10.5 Å². The van der Waals surface area contributed by atoms with Crippen molar-refractivity contribution in [3.05, 3.63) is 23.8 Å². The number of ether oxygens (including phenoxy) is 1. The molecule has 1 aliphatic rings. The molecule has 0 amide bonds. The first-order chi connectivity index (χ1) is 9.45. The van der Waals surface area contributed by atoms with Crippen molar-refractivity contribution in [1.29, 1.82) is 0 Å². The summed E-state index contributed by atoms with van der Waals surface area (Å²) in [5.41, 5.74) is 7.20. The number of sulfonamides is 1. The highest BCUT2D eigenvalue weighted by Crippen LogP contribution is 2.24. The van der Waals surface area contributed by atoms with Crippen LogP contribution in [0.1, 0.15) is 25.3 Å². The van der Waals surface area contributed by atoms with Gasteiger partial charge in [0.05, 0.1) is 11.0 Å². The highest BCUT2D eigenvalue weighted by molar-refractivity contribution is 7.89. The average Bonchev–Trinajstić information content (AvgIpc) is 2.43. The molecule has 1 aromatic rings. The van der Waals surface area contributed by atoms with E-state index in [0.29, 0.717) is 25.4 Å². The van der Waals surface area contributed by atoms with Crippen molar-refractivity contribution < 1.29 is 13.2 Å². The average molecular weight is 298 g/mol. The fourth-order valence-corrected chi connectivity index (χ4v) is 3.91. The van der Waals surface area contributed by atoms with Crippen LogP contribution in [0.5, 0.6) is 0 Å². The zero-order valence-electron chi connectivity index (χ0n) is 12.0. The Morgan fingerprint density at radius 3 is 2.55 bits per heavy atom. The number of rotatable bonds is 4. The maximum Gasteiger partial charge on any atom is 0.243 e. The Morgan fingerprint density at radius 2 is 2.00 bits per heavy atom. The summed E-state index contributed by atoms with van der Waals surface area (Å²) < 4.78 is 32.2. The SMILES string of the molecule is CCOC1CCN(S(=O)(=O)c2ccc(C)c(N)c2)CC1. The smallest absolute Gasteiger partial charge is 0.243 e. The zero-order chi connectivity index (χ0) is 14.8. The fraction of sp³-hybridized carbons (Fsp3) is 0.571. The number of benzene rings is 1. The molecule has 2 rings (SSSR count). The highest BCUT2D eigenvalue weighted by Gasteiger charge is 2.29. The highest BCUT2D eigenvalue weighted by atomic mass is 32.2. The third kappa shape index (κ3) is 3.13. The van der Waals surface area contributed by atoms with Crippen LogP contribution in [0.15, 0.2) is 23.1 Å². The predicted octanol–water partition coefficient (Wildman–Crippen LogP) is 1.77. The van der Waals surface area contributed by atoms with Crippen LogP contribution in [0.4, 0.5) is 5.69 Å². The van der Waals surface area contributed by atoms with Gasteiger partial charge in [0.1, 0.15) is 0 Å². The van der Waals surface area contributed by atoms with Crippen LogP contribution in [-0.4, -0.2) is 38.5 Å². The Labute approximate surface area is 120 Å². The third-order valence-corrected chi connectivity index (χ3v) is 5.59. The Bertz CT molecular complexity index is 564. The number of piperidine rings is 1. The maximum absolute atomic E-state index is 12.5. The molecule has 0 spiro atoms. The van der Waals surface area contributed by atoms with Crippen LogP contribution in [0, 0.1) is 6.92 Å². The molecule has 0 saturated carbocycles. The second-order valence-electron chi connectivity index (χ2n) is 5.08. The first-order valence-electron chi connectivity index (χ1n) is 6.93. The number of nitrogens with zero attached hydrogens (tertiary/aromatic N) is 1. The Kier molecular flexibility index (Phi) is 4.67. The molecule has 0 unspecified atom stereocenters. The van der Waals surface area contributed by atoms with Gasteiger partial charge in [-0.25, -0.2) is 8.42 Å². The van der Waals surface area contributed by atoms with E-state index >= 15 is 0 Å². The van der Waals surface area contributed by atoms with Gasteiger partial charge in [-0.1, -0.05) is 6.07 Å². The Hall–Kier alpha value is -1.11. The van der Waals surface area contributed by atoms with Crippen molar-refractivity contribution in [2.75, 3.05) is 25.4 Å². The predicted molar refractivity (Wildman–Crippen MR) is 79.0 cm³/mol. The Balaban J connectivity index is 2.13. The van der Waals surface area contributed by atoms with Crippen molar-refractivity contribution in [2.24, 2.45) is 0 Å². The molecule has 0 bridgehead atoms. The van der Waals surface area contributed by atoms with Crippen LogP contribution < -0.4 is 5.73 Å². The molecule has 0 aromatic heterocycles. The maximum atomic E-state index is 12.5. The van der Waals surface area contributed by atoms with Gasteiger partial charge in [-0.05, 0) is 44.4 Å². The van der Waals surface area contributed by atoms with E-state index in [1.54, 1.807) is 18.2 Å². The van der Waals surface area contributed by atoms with Crippen molar-refractivity contribution in [1.82, 2.24) is 4.31 Å². The lowest BCUT2D eigenvalue weighted by atomic mass is 10.1. The van der Waals surface area contributed by atoms with Crippen molar-refractivity contribution in [2.45, 2.75) is 37.7 Å². The van der Waals surface area contributed by atoms with Gasteiger partial charge in [-0.2, -0.15) is 4.31 Å². The summed E-state index contributed by atoms with van der Waals surface area (Å²) in [6.45, 7) is 5.49. The molecule has 1 heterocycles. The van der Waals surface area contributed by atoms with Crippen molar-refractivity contribution in [3.8, 4) is 0 Å². The van der Waals surface area contributed by atoms with Crippen LogP contribution in [0.3, 0.4) is 0 Å². The molecular weight excluding hydrogens is 276 g/mol. The van der Waals surface area contributed by atoms with E-state index in [2.05, 4.69) is 0 Å². The summed E-state index contributed by atoms with van der Waals surface area (Å²) in [4.78, 5) is 0.274. The third-order valence-electron chi connectivity index (χ3n) is 3.69. The molecule has 1 saturated heterocycles. The first kappa shape index (κ1) is 15.3. The van der Waals surface area contributed by atoms with Gasteiger partial charge >= 0.3 is 0 Å². The van der Waals surface area contributed by atoms with E-state index in [-0.39, 0.29) is 11.0 Å². The molecule has 2 N–H and O–H groups in total. The molecule has 1 fully saturated rings. The minimum atomic E-state index is -3.44. The topological polar surface area (TPSA) is 72.6 Å². The molecule has 0 aliphatic carbocycles. The van der Waals surface area contributed by atoms with Crippen LogP contribution in [-0.2, 0) is 14.8 Å². The van der Waals surface area contributed by atoms with Crippen LogP contribution in [0.2, 0.25) is 0 Å². The molecule has 1 aromatic carbocycles. The fourth-order valence-electron chi connectivity index (χ4n) is 2.40. The molecule has 6 heteroatoms. The zero-order valence-corrected chi connectivity index (χ0v) is 12.8. The first-order valence-corrected chi connectivity index (χ1v) is 8.37. The summed E-state index contributed by atoms with van der Waals surface area (Å²) in [7, 11) is -3.44. The molecule has 1 aliphatic heterocycles. The second kappa shape index (κ2) is 6.11. The largest absolute Gasteiger partial charge is 0.398 e. The van der Waals surface area contributed by atoms with Gasteiger partial charge in [-0.3, -0.25) is 0 Å². The number of hydrogen-bond donors (Lipinski definition) is 1. The van der Waals surface area contributed by atoms with Gasteiger partial charge in [-0.15, -0.1) is 0 Å². The molecule has 0 radical (unpaired) electrons. The number of nitrogens with two attached hydrogens (primary N) is 1. The van der Waals surface area contributed by atoms with E-state index < -0.39 is 10.0 Å². The quantitative estimate of drug-likeness (QED) is 0.860. The molecular formula is C14H22N2O3S. The molecule has 5 nitrogen and oxygen atoms in total. The minimum absolute atomic E-state index is 0.175. The normalized spacial score (nSPS) is 18.3. The second-order valence-corrected chi connectivity index (χ2v) is 7.02. The summed E-state index contributed by atoms with van der Waals surface area (Å²) in [5, 5.41) is 0. The monoisotopic (exact) mass is 298 g/mol. The summed E-state index contributed by atoms with van der Waals surface area (Å²) >= 11 is 0. The van der Waals surface area contributed by atoms with E-state index in [9.17, 15) is 8.42 Å². The van der Waals surface area contributed by atoms with Crippen molar-refractivity contribution in [3.63, 3.8) is 0 Å². The van der Waals surface area contributed by atoms with Gasteiger partial charge in [0.2, 0.25) is 10.0 Å².